The van der Waals surface area contributed by atoms with E-state index in [-0.39, 0.29) is 6.54 Å². The first-order chi connectivity index (χ1) is 12.3. The molecule has 0 aliphatic rings. The Morgan fingerprint density at radius 2 is 1.81 bits per heavy atom. The highest BCUT2D eigenvalue weighted by molar-refractivity contribution is 7.89. The summed E-state index contributed by atoms with van der Waals surface area (Å²) in [6, 6.07) is 7.56. The van der Waals surface area contributed by atoms with Crippen LogP contribution in [0.5, 0.6) is 11.5 Å². The minimum Gasteiger partial charge on any atom is -0.545 e. The molecular formula is C17H17FNO6S-. The summed E-state index contributed by atoms with van der Waals surface area (Å²) >= 11 is 0. The molecule has 0 amide bonds. The summed E-state index contributed by atoms with van der Waals surface area (Å²) in [4.78, 5) is 10.1. The lowest BCUT2D eigenvalue weighted by Gasteiger charge is -2.11. The topological polar surface area (TPSA) is 105 Å². The normalized spacial score (nSPS) is 11.2. The lowest BCUT2D eigenvalue weighted by molar-refractivity contribution is -0.255. The number of carbonyl (C=O) groups is 1. The Kier molecular flexibility index (Phi) is 6.17. The summed E-state index contributed by atoms with van der Waals surface area (Å²) in [5.74, 6) is -1.60. The van der Waals surface area contributed by atoms with Crippen molar-refractivity contribution in [1.82, 2.24) is 4.72 Å². The van der Waals surface area contributed by atoms with Crippen LogP contribution in [-0.4, -0.2) is 35.2 Å². The highest BCUT2D eigenvalue weighted by Crippen LogP contribution is 2.27. The Hall–Kier alpha value is -2.65. The van der Waals surface area contributed by atoms with Gasteiger partial charge in [0.25, 0.3) is 0 Å². The second kappa shape index (κ2) is 8.15. The van der Waals surface area contributed by atoms with E-state index >= 15 is 0 Å². The predicted octanol–water partition coefficient (Wildman–Crippen LogP) is 0.727. The number of sulfonamides is 1. The Morgan fingerprint density at radius 1 is 1.12 bits per heavy atom. The van der Waals surface area contributed by atoms with Crippen LogP contribution in [0.4, 0.5) is 4.39 Å². The van der Waals surface area contributed by atoms with Gasteiger partial charge in [0.05, 0.1) is 20.2 Å². The molecule has 0 heterocycles. The number of ether oxygens (including phenoxy) is 2. The number of halogens is 1. The first-order valence-electron chi connectivity index (χ1n) is 7.50. The highest BCUT2D eigenvalue weighted by atomic mass is 32.2. The molecule has 7 nitrogen and oxygen atoms in total. The van der Waals surface area contributed by atoms with Gasteiger partial charge in [0.1, 0.15) is 10.7 Å². The van der Waals surface area contributed by atoms with E-state index in [1.807, 2.05) is 0 Å². The zero-order chi connectivity index (χ0) is 19.3. The first kappa shape index (κ1) is 19.7. The minimum absolute atomic E-state index is 0.0210. The molecule has 0 aliphatic carbocycles. The average molecular weight is 382 g/mol. The lowest BCUT2D eigenvalue weighted by atomic mass is 10.1. The van der Waals surface area contributed by atoms with Crippen LogP contribution in [0.1, 0.15) is 15.9 Å². The summed E-state index contributed by atoms with van der Waals surface area (Å²) < 4.78 is 50.8. The standard InChI is InChI=1S/C17H18FNO6S/c1-24-14-6-3-11(9-15(14)25-2)7-8-19-26(22,23)16-10-12(17(20)21)4-5-13(16)18/h3-6,9-10,19H,7-8H2,1-2H3,(H,20,21)/p-1. The molecule has 0 aromatic heterocycles. The largest absolute Gasteiger partial charge is 0.545 e. The van der Waals surface area contributed by atoms with Gasteiger partial charge in [-0.3, -0.25) is 0 Å². The number of aromatic carboxylic acids is 1. The first-order valence-corrected chi connectivity index (χ1v) is 8.98. The van der Waals surface area contributed by atoms with Crippen LogP contribution in [-0.2, 0) is 16.4 Å². The molecule has 0 atom stereocenters. The van der Waals surface area contributed by atoms with Gasteiger partial charge in [0.2, 0.25) is 10.0 Å². The predicted molar refractivity (Wildman–Crippen MR) is 89.2 cm³/mol. The van der Waals surface area contributed by atoms with Gasteiger partial charge in [0.15, 0.2) is 11.5 Å². The molecule has 26 heavy (non-hydrogen) atoms. The number of carboxylic acid groups (broad SMARTS) is 1. The number of methoxy groups -OCH3 is 2. The van der Waals surface area contributed by atoms with Crippen LogP contribution in [0.3, 0.4) is 0 Å². The Balaban J connectivity index is 2.12. The molecule has 0 unspecified atom stereocenters. The second-order valence-corrected chi connectivity index (χ2v) is 7.01. The number of benzene rings is 2. The molecule has 0 bridgehead atoms. The fourth-order valence-corrected chi connectivity index (χ4v) is 3.41. The van der Waals surface area contributed by atoms with E-state index in [0.29, 0.717) is 17.9 Å². The molecule has 0 fully saturated rings. The van der Waals surface area contributed by atoms with Crippen molar-refractivity contribution in [3.05, 3.63) is 53.3 Å². The van der Waals surface area contributed by atoms with E-state index in [4.69, 9.17) is 9.47 Å². The number of carbonyl (C=O) groups excluding carboxylic acids is 1. The molecule has 0 saturated carbocycles. The molecular weight excluding hydrogens is 365 g/mol. The Labute approximate surface area is 150 Å². The molecule has 0 saturated heterocycles. The Bertz CT molecular complexity index is 913. The molecule has 2 aromatic rings. The number of rotatable bonds is 8. The van der Waals surface area contributed by atoms with Crippen LogP contribution in [0.15, 0.2) is 41.3 Å². The third kappa shape index (κ3) is 4.50. The molecule has 0 aliphatic heterocycles. The smallest absolute Gasteiger partial charge is 0.243 e. The van der Waals surface area contributed by atoms with Gasteiger partial charge in [-0.15, -0.1) is 0 Å². The van der Waals surface area contributed by atoms with E-state index in [0.717, 1.165) is 23.8 Å². The van der Waals surface area contributed by atoms with E-state index in [2.05, 4.69) is 4.72 Å². The number of carboxylic acids is 1. The zero-order valence-corrected chi connectivity index (χ0v) is 14.9. The van der Waals surface area contributed by atoms with Gasteiger partial charge in [-0.05, 0) is 41.8 Å². The third-order valence-corrected chi connectivity index (χ3v) is 5.09. The molecule has 9 heteroatoms. The molecule has 0 radical (unpaired) electrons. The summed E-state index contributed by atoms with van der Waals surface area (Å²) in [5.41, 5.74) is 0.348. The summed E-state index contributed by atoms with van der Waals surface area (Å²) in [7, 11) is -1.23. The van der Waals surface area contributed by atoms with Crippen molar-refractivity contribution in [1.29, 1.82) is 0 Å². The maximum Gasteiger partial charge on any atom is 0.243 e. The zero-order valence-electron chi connectivity index (χ0n) is 14.1. The van der Waals surface area contributed by atoms with Crippen LogP contribution in [0, 0.1) is 5.82 Å². The summed E-state index contributed by atoms with van der Waals surface area (Å²) in [6.45, 7) is -0.0210. The second-order valence-electron chi connectivity index (χ2n) is 5.27. The van der Waals surface area contributed by atoms with Crippen molar-refractivity contribution in [2.45, 2.75) is 11.3 Å². The van der Waals surface area contributed by atoms with Gasteiger partial charge in [-0.2, -0.15) is 0 Å². The maximum absolute atomic E-state index is 13.8. The van der Waals surface area contributed by atoms with Crippen LogP contribution < -0.4 is 19.3 Å². The molecule has 0 spiro atoms. The summed E-state index contributed by atoms with van der Waals surface area (Å²) in [5, 5.41) is 10.8. The van der Waals surface area contributed by atoms with Crippen molar-refractivity contribution in [3.63, 3.8) is 0 Å². The number of nitrogens with one attached hydrogen (secondary N) is 1. The van der Waals surface area contributed by atoms with Crippen molar-refractivity contribution in [2.75, 3.05) is 20.8 Å². The average Bonchev–Trinajstić information content (AvgIpc) is 2.61. The van der Waals surface area contributed by atoms with Gasteiger partial charge < -0.3 is 19.4 Å². The van der Waals surface area contributed by atoms with E-state index in [1.54, 1.807) is 18.2 Å². The van der Waals surface area contributed by atoms with E-state index < -0.39 is 32.3 Å². The minimum atomic E-state index is -4.22. The van der Waals surface area contributed by atoms with Crippen LogP contribution >= 0.6 is 0 Å². The number of hydrogen-bond acceptors (Lipinski definition) is 6. The third-order valence-electron chi connectivity index (χ3n) is 3.61. The van der Waals surface area contributed by atoms with Crippen LogP contribution in [0.25, 0.3) is 0 Å². The molecule has 140 valence electrons. The fourth-order valence-electron chi connectivity index (χ4n) is 2.28. The summed E-state index contributed by atoms with van der Waals surface area (Å²) in [6.07, 6.45) is 0.307. The highest BCUT2D eigenvalue weighted by Gasteiger charge is 2.19. The van der Waals surface area contributed by atoms with E-state index in [1.165, 1.54) is 14.2 Å². The van der Waals surface area contributed by atoms with Gasteiger partial charge in [-0.1, -0.05) is 12.1 Å². The lowest BCUT2D eigenvalue weighted by Crippen LogP contribution is -2.28. The van der Waals surface area contributed by atoms with Crippen molar-refractivity contribution >= 4 is 16.0 Å². The van der Waals surface area contributed by atoms with Gasteiger partial charge in [0, 0.05) is 6.54 Å². The number of hydrogen-bond donors (Lipinski definition) is 1. The molecule has 1 N–H and O–H groups in total. The molecule has 2 rings (SSSR count). The molecule has 2 aromatic carbocycles. The van der Waals surface area contributed by atoms with E-state index in [9.17, 15) is 22.7 Å². The quantitative estimate of drug-likeness (QED) is 0.722. The van der Waals surface area contributed by atoms with Gasteiger partial charge in [-0.25, -0.2) is 17.5 Å². The van der Waals surface area contributed by atoms with Gasteiger partial charge >= 0.3 is 0 Å². The maximum atomic E-state index is 13.8. The van der Waals surface area contributed by atoms with Crippen molar-refractivity contribution in [3.8, 4) is 11.5 Å². The SMILES string of the molecule is COc1ccc(CCNS(=O)(=O)c2cc(C(=O)[O-])ccc2F)cc1OC. The Morgan fingerprint density at radius 3 is 2.42 bits per heavy atom. The monoisotopic (exact) mass is 382 g/mol. The fraction of sp³-hybridized carbons (Fsp3) is 0.235. The van der Waals surface area contributed by atoms with Crippen molar-refractivity contribution in [2.24, 2.45) is 0 Å². The van der Waals surface area contributed by atoms with Crippen molar-refractivity contribution < 1.29 is 32.2 Å². The van der Waals surface area contributed by atoms with Crippen LogP contribution in [0.2, 0.25) is 0 Å².